The minimum atomic E-state index is -0.580. The minimum Gasteiger partial charge on any atom is -0.392 e. The summed E-state index contributed by atoms with van der Waals surface area (Å²) in [5.74, 6) is -0.245. The number of aliphatic hydroxyl groups excluding tert-OH is 1. The fourth-order valence-electron chi connectivity index (χ4n) is 6.70. The smallest absolute Gasteiger partial charge is 0.251 e. The molecule has 7 unspecified atom stereocenters. The van der Waals surface area contributed by atoms with E-state index in [0.29, 0.717) is 37.4 Å². The van der Waals surface area contributed by atoms with Crippen LogP contribution in [0.2, 0.25) is 0 Å². The van der Waals surface area contributed by atoms with Crippen LogP contribution in [-0.2, 0) is 9.53 Å². The summed E-state index contributed by atoms with van der Waals surface area (Å²) in [7, 11) is 0. The molecule has 2 N–H and O–H groups in total. The molecule has 1 heterocycles. The molecule has 3 aliphatic rings. The third-order valence-electron chi connectivity index (χ3n) is 8.83. The van der Waals surface area contributed by atoms with E-state index in [1.165, 1.54) is 0 Å². The third-order valence-corrected chi connectivity index (χ3v) is 8.83. The first-order chi connectivity index (χ1) is 16.2. The lowest BCUT2D eigenvalue weighted by Gasteiger charge is -2.56. The molecule has 1 saturated heterocycles. The van der Waals surface area contributed by atoms with Crippen molar-refractivity contribution in [1.82, 2.24) is 10.2 Å². The van der Waals surface area contributed by atoms with Gasteiger partial charge >= 0.3 is 0 Å². The van der Waals surface area contributed by atoms with Crippen molar-refractivity contribution in [2.75, 3.05) is 26.3 Å². The van der Waals surface area contributed by atoms with Gasteiger partial charge in [0.15, 0.2) is 0 Å². The van der Waals surface area contributed by atoms with Gasteiger partial charge in [-0.15, -0.1) is 0 Å². The second kappa shape index (κ2) is 10.1. The van der Waals surface area contributed by atoms with E-state index < -0.39 is 6.10 Å². The number of benzene rings is 1. The largest absolute Gasteiger partial charge is 0.392 e. The summed E-state index contributed by atoms with van der Waals surface area (Å²) in [6.07, 6.45) is 3.07. The molecule has 34 heavy (non-hydrogen) atoms. The molecule has 2 amide bonds. The van der Waals surface area contributed by atoms with Gasteiger partial charge in [0.05, 0.1) is 31.0 Å². The van der Waals surface area contributed by atoms with Crippen molar-refractivity contribution >= 4 is 11.8 Å². The monoisotopic (exact) mass is 467 g/mol. The molecule has 0 bridgehead atoms. The molecule has 1 aromatic carbocycles. The summed E-state index contributed by atoms with van der Waals surface area (Å²) in [5, 5.41) is 23.8. The Labute approximate surface area is 202 Å². The van der Waals surface area contributed by atoms with Crippen LogP contribution in [0.4, 0.5) is 0 Å². The molecule has 2 aliphatic carbocycles. The maximum absolute atomic E-state index is 13.2. The maximum atomic E-state index is 13.2. The molecule has 0 aromatic heterocycles. The predicted molar refractivity (Wildman–Crippen MR) is 128 cm³/mol. The Hall–Kier alpha value is -2.43. The highest BCUT2D eigenvalue weighted by atomic mass is 16.5. The van der Waals surface area contributed by atoms with Gasteiger partial charge in [0, 0.05) is 30.6 Å². The lowest BCUT2D eigenvalue weighted by Crippen LogP contribution is -2.59. The second-order valence-corrected chi connectivity index (χ2v) is 10.8. The standard InChI is InChI=1S/C27H37N3O4/c1-17(26(33)30-12-14-34-15-13-30)21-8-10-27(3)11-9-22(18(2)23(27)24(21)31)29-25(32)20-6-4-19(16-28)5-7-20/h4-7,17-18,21-24,31H,8-15H2,1-3H3,(H,29,32). The average molecular weight is 468 g/mol. The van der Waals surface area contributed by atoms with E-state index in [2.05, 4.69) is 25.2 Å². The minimum absolute atomic E-state index is 0.00668. The number of morpholine rings is 1. The van der Waals surface area contributed by atoms with Crippen LogP contribution in [0.3, 0.4) is 0 Å². The fourth-order valence-corrected chi connectivity index (χ4v) is 6.70. The number of fused-ring (bicyclic) bond motifs is 1. The van der Waals surface area contributed by atoms with Crippen molar-refractivity contribution < 1.29 is 19.4 Å². The first-order valence-corrected chi connectivity index (χ1v) is 12.6. The number of amides is 2. The zero-order valence-corrected chi connectivity index (χ0v) is 20.5. The summed E-state index contributed by atoms with van der Waals surface area (Å²) in [6.45, 7) is 8.74. The van der Waals surface area contributed by atoms with Crippen LogP contribution in [0.25, 0.3) is 0 Å². The van der Waals surface area contributed by atoms with Crippen molar-refractivity contribution in [3.8, 4) is 6.07 Å². The van der Waals surface area contributed by atoms with Crippen LogP contribution >= 0.6 is 0 Å². The van der Waals surface area contributed by atoms with E-state index >= 15 is 0 Å². The Balaban J connectivity index is 1.46. The van der Waals surface area contributed by atoms with Crippen molar-refractivity contribution in [2.24, 2.45) is 29.1 Å². The first-order valence-electron chi connectivity index (χ1n) is 12.6. The highest BCUT2D eigenvalue weighted by Gasteiger charge is 2.54. The van der Waals surface area contributed by atoms with Gasteiger partial charge in [-0.05, 0) is 73.1 Å². The Morgan fingerprint density at radius 1 is 1.21 bits per heavy atom. The number of carbonyl (C=O) groups excluding carboxylic acids is 2. The molecule has 0 radical (unpaired) electrons. The van der Waals surface area contributed by atoms with Crippen LogP contribution in [0, 0.1) is 40.4 Å². The number of ether oxygens (including phenoxy) is 1. The third kappa shape index (κ3) is 4.71. The normalized spacial score (nSPS) is 34.4. The van der Waals surface area contributed by atoms with Crippen LogP contribution in [-0.4, -0.2) is 60.3 Å². The van der Waals surface area contributed by atoms with Gasteiger partial charge in [0.25, 0.3) is 5.91 Å². The number of aliphatic hydroxyl groups is 1. The van der Waals surface area contributed by atoms with Gasteiger partial charge in [-0.1, -0.05) is 20.8 Å². The van der Waals surface area contributed by atoms with E-state index in [1.807, 2.05) is 11.8 Å². The number of nitrogens with zero attached hydrogens (tertiary/aromatic N) is 2. The van der Waals surface area contributed by atoms with Crippen molar-refractivity contribution in [3.05, 3.63) is 35.4 Å². The summed E-state index contributed by atoms with van der Waals surface area (Å²) >= 11 is 0. The number of rotatable bonds is 4. The molecule has 7 atom stereocenters. The van der Waals surface area contributed by atoms with Gasteiger partial charge in [-0.3, -0.25) is 9.59 Å². The molecule has 4 rings (SSSR count). The molecule has 7 nitrogen and oxygen atoms in total. The van der Waals surface area contributed by atoms with E-state index in [4.69, 9.17) is 10.00 Å². The van der Waals surface area contributed by atoms with Crippen molar-refractivity contribution in [2.45, 2.75) is 58.6 Å². The van der Waals surface area contributed by atoms with Gasteiger partial charge in [-0.2, -0.15) is 5.26 Å². The molecule has 2 saturated carbocycles. The molecule has 184 valence electrons. The average Bonchev–Trinajstić information content (AvgIpc) is 2.85. The summed E-state index contributed by atoms with van der Waals surface area (Å²) in [4.78, 5) is 27.9. The number of carbonyl (C=O) groups is 2. The molecule has 0 spiro atoms. The van der Waals surface area contributed by atoms with Gasteiger partial charge in [-0.25, -0.2) is 0 Å². The molecule has 1 aromatic rings. The number of nitriles is 1. The zero-order valence-electron chi connectivity index (χ0n) is 20.5. The Kier molecular flexibility index (Phi) is 7.30. The van der Waals surface area contributed by atoms with Gasteiger partial charge in [0.1, 0.15) is 0 Å². The lowest BCUT2D eigenvalue weighted by atomic mass is 9.51. The topological polar surface area (TPSA) is 103 Å². The van der Waals surface area contributed by atoms with Crippen LogP contribution < -0.4 is 5.32 Å². The molecule has 1 aliphatic heterocycles. The summed E-state index contributed by atoms with van der Waals surface area (Å²) < 4.78 is 5.39. The van der Waals surface area contributed by atoms with Crippen LogP contribution in [0.5, 0.6) is 0 Å². The quantitative estimate of drug-likeness (QED) is 0.709. The Morgan fingerprint density at radius 3 is 2.50 bits per heavy atom. The fraction of sp³-hybridized carbons (Fsp3) is 0.667. The number of hydrogen-bond acceptors (Lipinski definition) is 5. The van der Waals surface area contributed by atoms with Crippen molar-refractivity contribution in [3.63, 3.8) is 0 Å². The van der Waals surface area contributed by atoms with E-state index in [1.54, 1.807) is 24.3 Å². The maximum Gasteiger partial charge on any atom is 0.251 e. The summed E-state index contributed by atoms with van der Waals surface area (Å²) in [6, 6.07) is 8.68. The van der Waals surface area contributed by atoms with E-state index in [-0.39, 0.29) is 46.9 Å². The number of nitrogens with one attached hydrogen (secondary N) is 1. The number of hydrogen-bond donors (Lipinski definition) is 2. The molecular weight excluding hydrogens is 430 g/mol. The van der Waals surface area contributed by atoms with Crippen molar-refractivity contribution in [1.29, 1.82) is 5.26 Å². The molecular formula is C27H37N3O4. The zero-order chi connectivity index (χ0) is 24.5. The second-order valence-electron chi connectivity index (χ2n) is 10.8. The van der Waals surface area contributed by atoms with Gasteiger partial charge < -0.3 is 20.1 Å². The predicted octanol–water partition coefficient (Wildman–Crippen LogP) is 2.97. The Bertz CT molecular complexity index is 936. The first kappa shape index (κ1) is 24.7. The van der Waals surface area contributed by atoms with E-state index in [9.17, 15) is 14.7 Å². The Morgan fingerprint density at radius 2 is 1.85 bits per heavy atom. The molecule has 3 fully saturated rings. The lowest BCUT2D eigenvalue weighted by molar-refractivity contribution is -0.153. The van der Waals surface area contributed by atoms with Crippen LogP contribution in [0.1, 0.15) is 62.4 Å². The van der Waals surface area contributed by atoms with Crippen LogP contribution in [0.15, 0.2) is 24.3 Å². The highest BCUT2D eigenvalue weighted by molar-refractivity contribution is 5.94. The highest BCUT2D eigenvalue weighted by Crippen LogP contribution is 2.55. The van der Waals surface area contributed by atoms with E-state index in [0.717, 1.165) is 25.7 Å². The SMILES string of the molecule is CC(C(=O)N1CCOCC1)C1CCC2(C)CCC(NC(=O)c3ccc(C#N)cc3)C(C)C2C1O. The van der Waals surface area contributed by atoms with Gasteiger partial charge in [0.2, 0.25) is 5.91 Å². The summed E-state index contributed by atoms with van der Waals surface area (Å²) in [5.41, 5.74) is 1.06. The molecule has 7 heteroatoms.